The van der Waals surface area contributed by atoms with Crippen LogP contribution in [0, 0.1) is 0 Å². The van der Waals surface area contributed by atoms with Crippen molar-refractivity contribution in [1.82, 2.24) is 25.5 Å². The molecule has 0 saturated heterocycles. The number of nitrogens with zero attached hydrogens (tertiary/aromatic N) is 4. The van der Waals surface area contributed by atoms with E-state index in [9.17, 15) is 5.11 Å². The van der Waals surface area contributed by atoms with Gasteiger partial charge >= 0.3 is 0 Å². The standard InChI is InChI=1S/C14H19N5O/c1-11(15-9-14(20)7-2-8-14)12-3-5-13(6-4-12)19-10-16-17-18-19/h3-6,10-11,15,20H,2,7-9H2,1H3. The van der Waals surface area contributed by atoms with Gasteiger partial charge in [0.25, 0.3) is 0 Å². The van der Waals surface area contributed by atoms with Gasteiger partial charge in [-0.15, -0.1) is 5.10 Å². The minimum absolute atomic E-state index is 0.211. The molecule has 0 amide bonds. The number of tetrazole rings is 1. The molecule has 6 nitrogen and oxygen atoms in total. The van der Waals surface area contributed by atoms with Crippen molar-refractivity contribution in [2.75, 3.05) is 6.54 Å². The molecule has 1 aromatic carbocycles. The Labute approximate surface area is 117 Å². The summed E-state index contributed by atoms with van der Waals surface area (Å²) in [5, 5.41) is 24.6. The summed E-state index contributed by atoms with van der Waals surface area (Å²) in [7, 11) is 0. The first kappa shape index (κ1) is 13.2. The smallest absolute Gasteiger partial charge is 0.143 e. The van der Waals surface area contributed by atoms with Gasteiger partial charge in [0.1, 0.15) is 6.33 Å². The molecular formula is C14H19N5O. The molecule has 1 aromatic heterocycles. The van der Waals surface area contributed by atoms with Crippen molar-refractivity contribution < 1.29 is 5.11 Å². The largest absolute Gasteiger partial charge is 0.389 e. The fourth-order valence-electron chi connectivity index (χ4n) is 2.42. The van der Waals surface area contributed by atoms with E-state index in [1.807, 2.05) is 12.1 Å². The number of hydrogen-bond acceptors (Lipinski definition) is 5. The Morgan fingerprint density at radius 2 is 2.10 bits per heavy atom. The van der Waals surface area contributed by atoms with E-state index < -0.39 is 5.60 Å². The minimum Gasteiger partial charge on any atom is -0.389 e. The molecule has 20 heavy (non-hydrogen) atoms. The van der Waals surface area contributed by atoms with Gasteiger partial charge in [0.15, 0.2) is 0 Å². The van der Waals surface area contributed by atoms with Crippen LogP contribution in [-0.4, -0.2) is 37.5 Å². The van der Waals surface area contributed by atoms with Crippen molar-refractivity contribution in [1.29, 1.82) is 0 Å². The van der Waals surface area contributed by atoms with Crippen LogP contribution in [0.25, 0.3) is 5.69 Å². The van der Waals surface area contributed by atoms with Gasteiger partial charge in [-0.2, -0.15) is 0 Å². The minimum atomic E-state index is -0.486. The maximum atomic E-state index is 10.1. The quantitative estimate of drug-likeness (QED) is 0.857. The molecule has 0 aliphatic heterocycles. The van der Waals surface area contributed by atoms with E-state index in [-0.39, 0.29) is 6.04 Å². The van der Waals surface area contributed by atoms with Crippen LogP contribution in [0.15, 0.2) is 30.6 Å². The molecular weight excluding hydrogens is 254 g/mol. The van der Waals surface area contributed by atoms with Gasteiger partial charge in [-0.1, -0.05) is 12.1 Å². The Kier molecular flexibility index (Phi) is 3.50. The molecule has 1 aliphatic rings. The fraction of sp³-hybridized carbons (Fsp3) is 0.500. The highest BCUT2D eigenvalue weighted by Gasteiger charge is 2.34. The van der Waals surface area contributed by atoms with Gasteiger partial charge in [-0.3, -0.25) is 0 Å². The van der Waals surface area contributed by atoms with Crippen LogP contribution in [0.5, 0.6) is 0 Å². The van der Waals surface area contributed by atoms with E-state index in [1.165, 1.54) is 5.56 Å². The molecule has 0 radical (unpaired) electrons. The molecule has 2 N–H and O–H groups in total. The van der Waals surface area contributed by atoms with Crippen molar-refractivity contribution in [2.24, 2.45) is 0 Å². The maximum Gasteiger partial charge on any atom is 0.143 e. The molecule has 1 fully saturated rings. The lowest BCUT2D eigenvalue weighted by atomic mass is 9.80. The molecule has 1 aliphatic carbocycles. The van der Waals surface area contributed by atoms with E-state index >= 15 is 0 Å². The molecule has 1 saturated carbocycles. The van der Waals surface area contributed by atoms with Crippen molar-refractivity contribution in [2.45, 2.75) is 37.8 Å². The number of benzene rings is 1. The monoisotopic (exact) mass is 273 g/mol. The molecule has 106 valence electrons. The van der Waals surface area contributed by atoms with Crippen LogP contribution in [0.4, 0.5) is 0 Å². The van der Waals surface area contributed by atoms with Crippen LogP contribution in [-0.2, 0) is 0 Å². The lowest BCUT2D eigenvalue weighted by Crippen LogP contribution is -2.46. The number of nitrogens with one attached hydrogen (secondary N) is 1. The van der Waals surface area contributed by atoms with Gasteiger partial charge in [0.05, 0.1) is 11.3 Å². The van der Waals surface area contributed by atoms with Crippen molar-refractivity contribution in [3.63, 3.8) is 0 Å². The molecule has 1 unspecified atom stereocenters. The average Bonchev–Trinajstić information content (AvgIpc) is 2.97. The zero-order valence-electron chi connectivity index (χ0n) is 11.5. The van der Waals surface area contributed by atoms with Crippen molar-refractivity contribution in [3.8, 4) is 5.69 Å². The number of aliphatic hydroxyl groups is 1. The molecule has 1 atom stereocenters. The summed E-state index contributed by atoms with van der Waals surface area (Å²) in [6, 6.07) is 8.30. The number of hydrogen-bond donors (Lipinski definition) is 2. The molecule has 0 bridgehead atoms. The highest BCUT2D eigenvalue weighted by molar-refractivity contribution is 5.34. The third-order valence-electron chi connectivity index (χ3n) is 4.03. The Morgan fingerprint density at radius 3 is 2.65 bits per heavy atom. The zero-order valence-corrected chi connectivity index (χ0v) is 11.5. The summed E-state index contributed by atoms with van der Waals surface area (Å²) in [6.07, 6.45) is 4.52. The van der Waals surface area contributed by atoms with E-state index in [0.29, 0.717) is 6.54 Å². The SMILES string of the molecule is CC(NCC1(O)CCC1)c1ccc(-n2cnnn2)cc1. The van der Waals surface area contributed by atoms with Gasteiger partial charge < -0.3 is 10.4 Å². The van der Waals surface area contributed by atoms with Crippen LogP contribution in [0.3, 0.4) is 0 Å². The first-order chi connectivity index (χ1) is 9.66. The summed E-state index contributed by atoms with van der Waals surface area (Å²) < 4.78 is 1.62. The molecule has 3 rings (SSSR count). The van der Waals surface area contributed by atoms with Gasteiger partial charge in [-0.05, 0) is 54.3 Å². The predicted octanol–water partition coefficient (Wildman–Crippen LogP) is 1.23. The number of aromatic nitrogens is 4. The molecule has 6 heteroatoms. The molecule has 0 spiro atoms. The first-order valence-electron chi connectivity index (χ1n) is 6.95. The normalized spacial score (nSPS) is 18.5. The molecule has 1 heterocycles. The average molecular weight is 273 g/mol. The van der Waals surface area contributed by atoms with E-state index in [0.717, 1.165) is 24.9 Å². The van der Waals surface area contributed by atoms with E-state index in [2.05, 4.69) is 39.9 Å². The van der Waals surface area contributed by atoms with Crippen LogP contribution in [0.1, 0.15) is 37.8 Å². The summed E-state index contributed by atoms with van der Waals surface area (Å²) in [5.74, 6) is 0. The predicted molar refractivity (Wildman–Crippen MR) is 74.4 cm³/mol. The van der Waals surface area contributed by atoms with Crippen LogP contribution >= 0.6 is 0 Å². The van der Waals surface area contributed by atoms with Crippen molar-refractivity contribution in [3.05, 3.63) is 36.2 Å². The van der Waals surface area contributed by atoms with E-state index in [1.54, 1.807) is 11.0 Å². The van der Waals surface area contributed by atoms with Gasteiger partial charge in [-0.25, -0.2) is 4.68 Å². The maximum absolute atomic E-state index is 10.1. The lowest BCUT2D eigenvalue weighted by molar-refractivity contribution is -0.0329. The second kappa shape index (κ2) is 5.30. The lowest BCUT2D eigenvalue weighted by Gasteiger charge is -2.37. The highest BCUT2D eigenvalue weighted by atomic mass is 16.3. The Hall–Kier alpha value is -1.79. The van der Waals surface area contributed by atoms with E-state index in [4.69, 9.17) is 0 Å². The Balaban J connectivity index is 1.62. The first-order valence-corrected chi connectivity index (χ1v) is 6.95. The Morgan fingerprint density at radius 1 is 1.35 bits per heavy atom. The summed E-state index contributed by atoms with van der Waals surface area (Å²) in [6.45, 7) is 2.76. The molecule has 2 aromatic rings. The third-order valence-corrected chi connectivity index (χ3v) is 4.03. The fourth-order valence-corrected chi connectivity index (χ4v) is 2.42. The van der Waals surface area contributed by atoms with Gasteiger partial charge in [0.2, 0.25) is 0 Å². The second-order valence-electron chi connectivity index (χ2n) is 5.53. The summed E-state index contributed by atoms with van der Waals surface area (Å²) in [5.41, 5.74) is 1.63. The Bertz CT molecular complexity index is 547. The number of rotatable bonds is 5. The highest BCUT2D eigenvalue weighted by Crippen LogP contribution is 2.31. The topological polar surface area (TPSA) is 75.9 Å². The van der Waals surface area contributed by atoms with Crippen LogP contribution in [0.2, 0.25) is 0 Å². The van der Waals surface area contributed by atoms with Crippen molar-refractivity contribution >= 4 is 0 Å². The summed E-state index contributed by atoms with van der Waals surface area (Å²) in [4.78, 5) is 0. The zero-order chi connectivity index (χ0) is 14.0. The van der Waals surface area contributed by atoms with Gasteiger partial charge in [0, 0.05) is 12.6 Å². The van der Waals surface area contributed by atoms with Crippen LogP contribution < -0.4 is 5.32 Å². The second-order valence-corrected chi connectivity index (χ2v) is 5.53. The third kappa shape index (κ3) is 2.71. The summed E-state index contributed by atoms with van der Waals surface area (Å²) >= 11 is 0.